The Labute approximate surface area is 104 Å². The lowest BCUT2D eigenvalue weighted by Crippen LogP contribution is -2.07. The molecule has 0 aliphatic carbocycles. The van der Waals surface area contributed by atoms with Crippen molar-refractivity contribution in [2.45, 2.75) is 9.79 Å². The van der Waals surface area contributed by atoms with Crippen molar-refractivity contribution >= 4 is 25.6 Å². The zero-order chi connectivity index (χ0) is 14.3. The Morgan fingerprint density at radius 3 is 1.89 bits per heavy atom. The van der Waals surface area contributed by atoms with Gasteiger partial charge in [0, 0.05) is 12.5 Å². The van der Waals surface area contributed by atoms with Gasteiger partial charge in [-0.3, -0.25) is 0 Å². The van der Waals surface area contributed by atoms with Crippen molar-refractivity contribution in [1.29, 1.82) is 0 Å². The van der Waals surface area contributed by atoms with Gasteiger partial charge in [0.2, 0.25) is 0 Å². The Hall–Kier alpha value is -1.61. The van der Waals surface area contributed by atoms with Crippen molar-refractivity contribution in [3.8, 4) is 5.75 Å². The Kier molecular flexibility index (Phi) is 3.41. The van der Waals surface area contributed by atoms with Crippen LogP contribution in [0.15, 0.2) is 21.9 Å². The summed E-state index contributed by atoms with van der Waals surface area (Å²) in [6.45, 7) is 0. The third-order valence-electron chi connectivity index (χ3n) is 2.11. The van der Waals surface area contributed by atoms with Crippen LogP contribution in [0.4, 0.5) is 0 Å². The van der Waals surface area contributed by atoms with Gasteiger partial charge in [0.05, 0.1) is 4.90 Å². The lowest BCUT2D eigenvalue weighted by atomic mass is 10.2. The summed E-state index contributed by atoms with van der Waals surface area (Å²) in [7, 11) is -7.75. The molecule has 0 fully saturated rings. The van der Waals surface area contributed by atoms with Gasteiger partial charge in [-0.05, 0) is 12.1 Å². The highest BCUT2D eigenvalue weighted by molar-refractivity contribution is 7.91. The molecule has 0 spiro atoms. The standard InChI is InChI=1S/C9H10O7S2/c1-17(13,14)5-3-6(9(11)12)8(10)7(4-5)18(2,15)16/h3-4,10H,1-2H3,(H,11,12). The van der Waals surface area contributed by atoms with Gasteiger partial charge < -0.3 is 10.2 Å². The Morgan fingerprint density at radius 2 is 1.56 bits per heavy atom. The van der Waals surface area contributed by atoms with Crippen LogP contribution in [0, 0.1) is 0 Å². The maximum Gasteiger partial charge on any atom is 0.339 e. The number of hydrogen-bond acceptors (Lipinski definition) is 6. The average Bonchev–Trinajstić information content (AvgIpc) is 2.13. The maximum atomic E-state index is 11.4. The van der Waals surface area contributed by atoms with Crippen molar-refractivity contribution in [2.75, 3.05) is 12.5 Å². The van der Waals surface area contributed by atoms with E-state index in [9.17, 15) is 26.7 Å². The van der Waals surface area contributed by atoms with Crippen LogP contribution in [-0.2, 0) is 19.7 Å². The van der Waals surface area contributed by atoms with Crippen LogP contribution in [0.25, 0.3) is 0 Å². The van der Waals surface area contributed by atoms with Crippen molar-refractivity contribution in [2.24, 2.45) is 0 Å². The summed E-state index contributed by atoms with van der Waals surface area (Å²) in [4.78, 5) is 9.61. The van der Waals surface area contributed by atoms with Crippen LogP contribution in [-0.4, -0.2) is 45.5 Å². The summed E-state index contributed by atoms with van der Waals surface area (Å²) < 4.78 is 45.4. The first kappa shape index (κ1) is 14.5. The molecular formula is C9H10O7S2. The number of aromatic carboxylic acids is 1. The summed E-state index contributed by atoms with van der Waals surface area (Å²) >= 11 is 0. The number of carboxylic acid groups (broad SMARTS) is 1. The molecule has 0 aliphatic heterocycles. The van der Waals surface area contributed by atoms with E-state index in [1.165, 1.54) is 0 Å². The Bertz CT molecular complexity index is 714. The third-order valence-corrected chi connectivity index (χ3v) is 4.31. The second-order valence-corrected chi connectivity index (χ2v) is 7.67. The van der Waals surface area contributed by atoms with Gasteiger partial charge in [-0.2, -0.15) is 0 Å². The smallest absolute Gasteiger partial charge is 0.339 e. The predicted octanol–water partition coefficient (Wildman–Crippen LogP) is -0.103. The number of benzene rings is 1. The molecule has 1 rings (SSSR count). The molecule has 0 heterocycles. The van der Waals surface area contributed by atoms with Gasteiger partial charge in [0.1, 0.15) is 16.2 Å². The third kappa shape index (κ3) is 2.79. The lowest BCUT2D eigenvalue weighted by molar-refractivity contribution is 0.0693. The monoisotopic (exact) mass is 294 g/mol. The first-order valence-electron chi connectivity index (χ1n) is 4.45. The van der Waals surface area contributed by atoms with E-state index in [1.54, 1.807) is 0 Å². The molecule has 0 unspecified atom stereocenters. The molecule has 1 aromatic carbocycles. The fraction of sp³-hybridized carbons (Fsp3) is 0.222. The molecule has 0 aromatic heterocycles. The minimum Gasteiger partial charge on any atom is -0.506 e. The van der Waals surface area contributed by atoms with Crippen molar-refractivity contribution in [3.63, 3.8) is 0 Å². The number of sulfone groups is 2. The normalized spacial score (nSPS) is 12.3. The molecule has 100 valence electrons. The topological polar surface area (TPSA) is 126 Å². The van der Waals surface area contributed by atoms with E-state index in [4.69, 9.17) is 5.11 Å². The van der Waals surface area contributed by atoms with E-state index in [0.717, 1.165) is 18.6 Å². The predicted molar refractivity (Wildman–Crippen MR) is 61.3 cm³/mol. The molecule has 2 N–H and O–H groups in total. The van der Waals surface area contributed by atoms with E-state index in [1.807, 2.05) is 0 Å². The number of phenols is 1. The van der Waals surface area contributed by atoms with Crippen LogP contribution in [0.5, 0.6) is 5.75 Å². The second-order valence-electron chi connectivity index (χ2n) is 3.67. The minimum absolute atomic E-state index is 0.488. The molecule has 0 atom stereocenters. The second kappa shape index (κ2) is 4.25. The molecule has 7 nitrogen and oxygen atoms in total. The van der Waals surface area contributed by atoms with Gasteiger partial charge >= 0.3 is 5.97 Å². The Morgan fingerprint density at radius 1 is 1.06 bits per heavy atom. The van der Waals surface area contributed by atoms with Crippen LogP contribution in [0.3, 0.4) is 0 Å². The van der Waals surface area contributed by atoms with Crippen molar-refractivity contribution in [1.82, 2.24) is 0 Å². The van der Waals surface area contributed by atoms with Gasteiger partial charge in [-0.1, -0.05) is 0 Å². The number of hydrogen-bond donors (Lipinski definition) is 2. The van der Waals surface area contributed by atoms with E-state index >= 15 is 0 Å². The van der Waals surface area contributed by atoms with E-state index in [-0.39, 0.29) is 0 Å². The highest BCUT2D eigenvalue weighted by atomic mass is 32.2. The summed E-state index contributed by atoms with van der Waals surface area (Å²) in [5.41, 5.74) is -0.779. The summed E-state index contributed by atoms with van der Waals surface area (Å²) in [6, 6.07) is 1.44. The zero-order valence-electron chi connectivity index (χ0n) is 9.41. The van der Waals surface area contributed by atoms with Crippen LogP contribution in [0.2, 0.25) is 0 Å². The average molecular weight is 294 g/mol. The van der Waals surface area contributed by atoms with Crippen LogP contribution in [0.1, 0.15) is 10.4 Å². The molecule has 18 heavy (non-hydrogen) atoms. The minimum atomic E-state index is -3.95. The molecule has 0 saturated heterocycles. The van der Waals surface area contributed by atoms with E-state index < -0.39 is 46.7 Å². The number of carbonyl (C=O) groups is 1. The van der Waals surface area contributed by atoms with E-state index in [2.05, 4.69) is 0 Å². The van der Waals surface area contributed by atoms with Gasteiger partial charge in [-0.15, -0.1) is 0 Å². The quantitative estimate of drug-likeness (QED) is 0.796. The molecule has 0 saturated carbocycles. The number of aromatic hydroxyl groups is 1. The molecule has 0 bridgehead atoms. The first-order valence-corrected chi connectivity index (χ1v) is 8.23. The summed E-state index contributed by atoms with van der Waals surface area (Å²) in [5.74, 6) is -2.60. The fourth-order valence-corrected chi connectivity index (χ4v) is 2.78. The summed E-state index contributed by atoms with van der Waals surface area (Å²) in [6.07, 6.45) is 1.54. The van der Waals surface area contributed by atoms with Crippen molar-refractivity contribution in [3.05, 3.63) is 17.7 Å². The molecule has 0 amide bonds. The van der Waals surface area contributed by atoms with Gasteiger partial charge in [-0.25, -0.2) is 21.6 Å². The molecule has 9 heteroatoms. The number of rotatable bonds is 3. The van der Waals surface area contributed by atoms with Gasteiger partial charge in [0.15, 0.2) is 19.7 Å². The number of carboxylic acids is 1. The molecular weight excluding hydrogens is 284 g/mol. The zero-order valence-corrected chi connectivity index (χ0v) is 11.0. The molecule has 0 radical (unpaired) electrons. The van der Waals surface area contributed by atoms with Crippen molar-refractivity contribution < 1.29 is 31.8 Å². The van der Waals surface area contributed by atoms with Crippen LogP contribution >= 0.6 is 0 Å². The van der Waals surface area contributed by atoms with E-state index in [0.29, 0.717) is 6.07 Å². The molecule has 0 aliphatic rings. The molecule has 1 aromatic rings. The Balaban J connectivity index is 3.86. The van der Waals surface area contributed by atoms with Gasteiger partial charge in [0.25, 0.3) is 0 Å². The highest BCUT2D eigenvalue weighted by Crippen LogP contribution is 2.30. The maximum absolute atomic E-state index is 11.4. The summed E-state index contributed by atoms with van der Waals surface area (Å²) in [5, 5.41) is 18.3. The highest BCUT2D eigenvalue weighted by Gasteiger charge is 2.24. The first-order chi connectivity index (χ1) is 7.94. The largest absolute Gasteiger partial charge is 0.506 e. The SMILES string of the molecule is CS(=O)(=O)c1cc(C(=O)O)c(O)c(S(C)(=O)=O)c1. The lowest BCUT2D eigenvalue weighted by Gasteiger charge is -2.08. The fourth-order valence-electron chi connectivity index (χ4n) is 1.24. The van der Waals surface area contributed by atoms with Crippen LogP contribution < -0.4 is 0 Å².